The third kappa shape index (κ3) is 5.03. The minimum atomic E-state index is -0.566. The van der Waals surface area contributed by atoms with Gasteiger partial charge in [0.15, 0.2) is 0 Å². The fraction of sp³-hybridized carbons (Fsp3) is 0.579. The molecule has 142 valence electrons. The number of non-ortho nitro benzene ring substituents is 1. The minimum absolute atomic E-state index is 0.0765. The highest BCUT2D eigenvalue weighted by Gasteiger charge is 2.41. The second kappa shape index (κ2) is 7.43. The van der Waals surface area contributed by atoms with E-state index in [2.05, 4.69) is 0 Å². The molecule has 1 saturated carbocycles. The van der Waals surface area contributed by atoms with Crippen molar-refractivity contribution in [2.24, 2.45) is 5.41 Å². The summed E-state index contributed by atoms with van der Waals surface area (Å²) < 4.78 is 11.0. The van der Waals surface area contributed by atoms with Crippen LogP contribution >= 0.6 is 0 Å². The first kappa shape index (κ1) is 19.9. The Balaban J connectivity index is 1.90. The van der Waals surface area contributed by atoms with Crippen LogP contribution in [0.1, 0.15) is 63.7 Å². The Kier molecular flexibility index (Phi) is 5.68. The maximum atomic E-state index is 12.4. The van der Waals surface area contributed by atoms with Crippen molar-refractivity contribution >= 4 is 17.6 Å². The third-order valence-corrected chi connectivity index (χ3v) is 4.52. The molecule has 0 saturated heterocycles. The molecule has 0 bridgehead atoms. The van der Waals surface area contributed by atoms with Gasteiger partial charge in [0.1, 0.15) is 11.7 Å². The van der Waals surface area contributed by atoms with E-state index in [9.17, 15) is 19.7 Å². The summed E-state index contributed by atoms with van der Waals surface area (Å²) >= 11 is 0. The van der Waals surface area contributed by atoms with Gasteiger partial charge in [-0.05, 0) is 65.5 Å². The first-order valence-electron chi connectivity index (χ1n) is 8.69. The number of esters is 2. The van der Waals surface area contributed by atoms with Crippen molar-refractivity contribution in [3.63, 3.8) is 0 Å². The predicted molar refractivity (Wildman–Crippen MR) is 94.7 cm³/mol. The molecular weight excluding hydrogens is 338 g/mol. The molecule has 0 spiro atoms. The van der Waals surface area contributed by atoms with Crippen LogP contribution in [0.25, 0.3) is 0 Å². The Hall–Kier alpha value is -2.44. The van der Waals surface area contributed by atoms with Crippen LogP contribution in [-0.4, -0.2) is 28.6 Å². The van der Waals surface area contributed by atoms with E-state index in [4.69, 9.17) is 9.47 Å². The zero-order valence-corrected chi connectivity index (χ0v) is 15.6. The molecule has 0 atom stereocenters. The van der Waals surface area contributed by atoms with Gasteiger partial charge >= 0.3 is 11.9 Å². The zero-order chi connectivity index (χ0) is 19.5. The van der Waals surface area contributed by atoms with Crippen molar-refractivity contribution < 1.29 is 24.0 Å². The molecule has 2 rings (SSSR count). The molecule has 0 aromatic heterocycles. The van der Waals surface area contributed by atoms with E-state index >= 15 is 0 Å². The summed E-state index contributed by atoms with van der Waals surface area (Å²) in [5.41, 5.74) is -0.897. The van der Waals surface area contributed by atoms with Crippen molar-refractivity contribution in [3.8, 4) is 0 Å². The minimum Gasteiger partial charge on any atom is -0.460 e. The molecule has 1 aromatic carbocycles. The molecule has 1 aliphatic carbocycles. The number of benzene rings is 1. The fourth-order valence-corrected chi connectivity index (χ4v) is 2.89. The summed E-state index contributed by atoms with van der Waals surface area (Å²) in [6.45, 7) is 7.40. The summed E-state index contributed by atoms with van der Waals surface area (Å²) in [4.78, 5) is 34.7. The van der Waals surface area contributed by atoms with E-state index in [1.54, 1.807) is 0 Å². The molecule has 0 unspecified atom stereocenters. The van der Waals surface area contributed by atoms with Crippen molar-refractivity contribution in [2.45, 2.75) is 65.1 Å². The lowest BCUT2D eigenvalue weighted by Crippen LogP contribution is -2.40. The quantitative estimate of drug-likeness (QED) is 0.455. The van der Waals surface area contributed by atoms with Gasteiger partial charge in [-0.25, -0.2) is 4.79 Å². The van der Waals surface area contributed by atoms with Gasteiger partial charge in [0.25, 0.3) is 5.69 Å². The van der Waals surface area contributed by atoms with Crippen LogP contribution in [0.3, 0.4) is 0 Å². The summed E-state index contributed by atoms with van der Waals surface area (Å²) in [6, 6.07) is 5.32. The number of nitrogens with zero attached hydrogens (tertiary/aromatic N) is 1. The van der Waals surface area contributed by atoms with E-state index < -0.39 is 21.9 Å². The molecule has 0 N–H and O–H groups in total. The number of hydrogen-bond acceptors (Lipinski definition) is 6. The molecule has 7 heteroatoms. The lowest BCUT2D eigenvalue weighted by Gasteiger charge is -2.36. The number of carbonyl (C=O) groups is 2. The number of rotatable bonds is 4. The van der Waals surface area contributed by atoms with Crippen molar-refractivity contribution in [2.75, 3.05) is 0 Å². The molecule has 0 heterocycles. The Morgan fingerprint density at radius 1 is 1.15 bits per heavy atom. The molecule has 0 amide bonds. The molecule has 1 aliphatic rings. The summed E-state index contributed by atoms with van der Waals surface area (Å²) in [6.07, 6.45) is 2.05. The van der Waals surface area contributed by atoms with E-state index in [1.165, 1.54) is 24.3 Å². The third-order valence-electron chi connectivity index (χ3n) is 4.52. The van der Waals surface area contributed by atoms with Gasteiger partial charge < -0.3 is 9.47 Å². The number of carbonyl (C=O) groups excluding carboxylic acids is 2. The van der Waals surface area contributed by atoms with Crippen LogP contribution in [0.4, 0.5) is 5.69 Å². The van der Waals surface area contributed by atoms with E-state index in [0.717, 1.165) is 0 Å². The standard InChI is InChI=1S/C19H25NO6/c1-18(2,3)26-17(22)19(4)11-9-15(10-12-19)25-16(21)13-5-7-14(8-6-13)20(23)24/h5-8,15H,9-12H2,1-4H3. The Morgan fingerprint density at radius 2 is 1.69 bits per heavy atom. The van der Waals surface area contributed by atoms with Gasteiger partial charge in [-0.2, -0.15) is 0 Å². The second-order valence-corrected chi connectivity index (χ2v) is 7.97. The van der Waals surface area contributed by atoms with Crippen LogP contribution in [0.2, 0.25) is 0 Å². The van der Waals surface area contributed by atoms with Crippen molar-refractivity contribution in [1.29, 1.82) is 0 Å². The van der Waals surface area contributed by atoms with Gasteiger partial charge in [0.05, 0.1) is 15.9 Å². The topological polar surface area (TPSA) is 95.7 Å². The lowest BCUT2D eigenvalue weighted by atomic mass is 9.74. The highest BCUT2D eigenvalue weighted by Crippen LogP contribution is 2.39. The largest absolute Gasteiger partial charge is 0.460 e. The first-order valence-corrected chi connectivity index (χ1v) is 8.69. The maximum Gasteiger partial charge on any atom is 0.338 e. The number of ether oxygens (including phenoxy) is 2. The average Bonchev–Trinajstić information content (AvgIpc) is 2.55. The molecule has 26 heavy (non-hydrogen) atoms. The number of nitro benzene ring substituents is 1. The molecular formula is C19H25NO6. The summed E-state index contributed by atoms with van der Waals surface area (Å²) in [5.74, 6) is -0.726. The highest BCUT2D eigenvalue weighted by atomic mass is 16.6. The number of nitro groups is 1. The van der Waals surface area contributed by atoms with Crippen LogP contribution in [0.5, 0.6) is 0 Å². The van der Waals surface area contributed by atoms with Crippen LogP contribution in [0.15, 0.2) is 24.3 Å². The molecule has 0 aliphatic heterocycles. The molecule has 7 nitrogen and oxygen atoms in total. The normalized spacial score (nSPS) is 23.2. The summed E-state index contributed by atoms with van der Waals surface area (Å²) in [5, 5.41) is 10.7. The van der Waals surface area contributed by atoms with Crippen molar-refractivity contribution in [1.82, 2.24) is 0 Å². The molecule has 1 fully saturated rings. The smallest absolute Gasteiger partial charge is 0.338 e. The van der Waals surface area contributed by atoms with Gasteiger partial charge in [-0.15, -0.1) is 0 Å². The van der Waals surface area contributed by atoms with Gasteiger partial charge in [0.2, 0.25) is 0 Å². The van der Waals surface area contributed by atoms with Gasteiger partial charge in [0, 0.05) is 12.1 Å². The lowest BCUT2D eigenvalue weighted by molar-refractivity contribution is -0.384. The van der Waals surface area contributed by atoms with Crippen LogP contribution in [0, 0.1) is 15.5 Å². The number of hydrogen-bond donors (Lipinski definition) is 0. The maximum absolute atomic E-state index is 12.4. The SMILES string of the molecule is CC(C)(C)OC(=O)C1(C)CCC(OC(=O)c2ccc([N+](=O)[O-])cc2)CC1. The van der Waals surface area contributed by atoms with Gasteiger partial charge in [-0.1, -0.05) is 0 Å². The highest BCUT2D eigenvalue weighted by molar-refractivity contribution is 5.89. The Labute approximate surface area is 152 Å². The molecule has 0 radical (unpaired) electrons. The van der Waals surface area contributed by atoms with Crippen molar-refractivity contribution in [3.05, 3.63) is 39.9 Å². The average molecular weight is 363 g/mol. The molecule has 1 aromatic rings. The van der Waals surface area contributed by atoms with E-state index in [1.807, 2.05) is 27.7 Å². The fourth-order valence-electron chi connectivity index (χ4n) is 2.89. The van der Waals surface area contributed by atoms with Crippen LogP contribution in [-0.2, 0) is 14.3 Å². The monoisotopic (exact) mass is 363 g/mol. The predicted octanol–water partition coefficient (Wildman–Crippen LogP) is 4.04. The van der Waals surface area contributed by atoms with E-state index in [-0.39, 0.29) is 23.3 Å². The summed E-state index contributed by atoms with van der Waals surface area (Å²) in [7, 11) is 0. The Morgan fingerprint density at radius 3 is 2.15 bits per heavy atom. The van der Waals surface area contributed by atoms with E-state index in [0.29, 0.717) is 25.7 Å². The zero-order valence-electron chi connectivity index (χ0n) is 15.6. The first-order chi connectivity index (χ1) is 12.0. The van der Waals surface area contributed by atoms with Gasteiger partial charge in [-0.3, -0.25) is 14.9 Å². The van der Waals surface area contributed by atoms with Crippen LogP contribution < -0.4 is 0 Å². The Bertz CT molecular complexity index is 681. The second-order valence-electron chi connectivity index (χ2n) is 7.97.